The highest BCUT2D eigenvalue weighted by molar-refractivity contribution is 7.91. The molecule has 0 spiro atoms. The molecule has 2 heterocycles. The number of carbonyl (C=O) groups is 1. The molecule has 1 aromatic heterocycles. The Morgan fingerprint density at radius 1 is 1.38 bits per heavy atom. The van der Waals surface area contributed by atoms with Gasteiger partial charge >= 0.3 is 12.3 Å². The summed E-state index contributed by atoms with van der Waals surface area (Å²) in [5.41, 5.74) is -3.85. The minimum Gasteiger partial charge on any atom is -0.465 e. The third-order valence-corrected chi connectivity index (χ3v) is 5.84. The molecule has 1 aliphatic heterocycles. The third kappa shape index (κ3) is 3.47. The van der Waals surface area contributed by atoms with Crippen molar-refractivity contribution in [2.24, 2.45) is 13.0 Å². The van der Waals surface area contributed by atoms with Crippen LogP contribution < -0.4 is 0 Å². The van der Waals surface area contributed by atoms with Crippen LogP contribution in [0.4, 0.5) is 22.4 Å². The van der Waals surface area contributed by atoms with E-state index in [2.05, 4.69) is 5.10 Å². The van der Waals surface area contributed by atoms with Gasteiger partial charge in [-0.05, 0) is 12.8 Å². The molecule has 0 saturated carbocycles. The molecule has 1 atom stereocenters. The van der Waals surface area contributed by atoms with Crippen molar-refractivity contribution < 1.29 is 35.9 Å². The molecule has 24 heavy (non-hydrogen) atoms. The molecule has 1 saturated heterocycles. The summed E-state index contributed by atoms with van der Waals surface area (Å²) in [6.07, 6.45) is -6.09. The van der Waals surface area contributed by atoms with Crippen LogP contribution in [-0.2, 0) is 23.1 Å². The lowest BCUT2D eigenvalue weighted by Crippen LogP contribution is -2.41. The van der Waals surface area contributed by atoms with E-state index in [1.54, 1.807) is 0 Å². The number of hydrogen-bond donors (Lipinski definition) is 1. The van der Waals surface area contributed by atoms with Gasteiger partial charge < -0.3 is 10.0 Å². The van der Waals surface area contributed by atoms with Crippen molar-refractivity contribution in [1.82, 2.24) is 14.7 Å². The van der Waals surface area contributed by atoms with Crippen LogP contribution in [0.1, 0.15) is 18.5 Å². The van der Waals surface area contributed by atoms with Gasteiger partial charge in [0.15, 0.2) is 10.7 Å². The van der Waals surface area contributed by atoms with E-state index < -0.39 is 44.2 Å². The van der Waals surface area contributed by atoms with Crippen molar-refractivity contribution in [3.63, 3.8) is 0 Å². The van der Waals surface area contributed by atoms with E-state index >= 15 is 0 Å². The number of alkyl halides is 4. The van der Waals surface area contributed by atoms with Gasteiger partial charge in [-0.2, -0.15) is 18.3 Å². The highest BCUT2D eigenvalue weighted by Gasteiger charge is 2.42. The minimum atomic E-state index is -4.84. The van der Waals surface area contributed by atoms with Gasteiger partial charge in [-0.25, -0.2) is 17.6 Å². The molecule has 0 aromatic carbocycles. The lowest BCUT2D eigenvalue weighted by molar-refractivity contribution is -0.141. The monoisotopic (exact) mass is 373 g/mol. The normalized spacial score (nSPS) is 18.6. The molecule has 1 N–H and O–H groups in total. The van der Waals surface area contributed by atoms with Crippen LogP contribution in [0.25, 0.3) is 0 Å². The molecule has 0 radical (unpaired) electrons. The third-order valence-electron chi connectivity index (χ3n) is 3.90. The van der Waals surface area contributed by atoms with E-state index in [4.69, 9.17) is 5.11 Å². The van der Waals surface area contributed by atoms with Crippen LogP contribution in [0.5, 0.6) is 0 Å². The molecule has 0 bridgehead atoms. The molecule has 1 aliphatic rings. The van der Waals surface area contributed by atoms with Crippen LogP contribution in [0.2, 0.25) is 0 Å². The molecule has 1 amide bonds. The summed E-state index contributed by atoms with van der Waals surface area (Å²) in [6, 6.07) is 0.300. The molecular weight excluding hydrogens is 358 g/mol. The summed E-state index contributed by atoms with van der Waals surface area (Å²) in [6.45, 7) is -0.0652. The Morgan fingerprint density at radius 2 is 1.92 bits per heavy atom. The Bertz CT molecular complexity index is 723. The van der Waals surface area contributed by atoms with E-state index in [1.807, 2.05) is 0 Å². The first-order valence-electron chi connectivity index (χ1n) is 6.91. The van der Waals surface area contributed by atoms with Gasteiger partial charge in [-0.15, -0.1) is 0 Å². The van der Waals surface area contributed by atoms with Gasteiger partial charge in [0.2, 0.25) is 15.3 Å². The van der Waals surface area contributed by atoms with Crippen LogP contribution in [0.15, 0.2) is 11.1 Å². The lowest BCUT2D eigenvalue weighted by Gasteiger charge is -2.31. The summed E-state index contributed by atoms with van der Waals surface area (Å²) in [5, 5.41) is 11.0. The first kappa shape index (κ1) is 18.5. The van der Waals surface area contributed by atoms with Crippen LogP contribution >= 0.6 is 0 Å². The molecule has 12 heteroatoms. The Kier molecular flexibility index (Phi) is 4.79. The summed E-state index contributed by atoms with van der Waals surface area (Å²) in [7, 11) is -3.69. The van der Waals surface area contributed by atoms with Crippen molar-refractivity contribution in [3.05, 3.63) is 11.8 Å². The number of carboxylic acid groups (broad SMARTS) is 1. The van der Waals surface area contributed by atoms with Gasteiger partial charge in [-0.3, -0.25) is 4.68 Å². The number of likely N-dealkylation sites (tertiary alicyclic amines) is 1. The largest absolute Gasteiger partial charge is 0.465 e. The maximum Gasteiger partial charge on any atom is 0.435 e. The number of halogens is 4. The predicted octanol–water partition coefficient (Wildman–Crippen LogP) is 1.90. The SMILES string of the molecule is Cn1nc(C(F)(F)F)cc1S(=O)(=O)C(F)C1CCN(C(=O)O)CC1. The number of hydrogen-bond acceptors (Lipinski definition) is 4. The van der Waals surface area contributed by atoms with Crippen LogP contribution in [0.3, 0.4) is 0 Å². The number of sulfone groups is 1. The Morgan fingerprint density at radius 3 is 2.33 bits per heavy atom. The smallest absolute Gasteiger partial charge is 0.435 e. The first-order valence-corrected chi connectivity index (χ1v) is 8.46. The fraction of sp³-hybridized carbons (Fsp3) is 0.667. The Hall–Kier alpha value is -1.85. The van der Waals surface area contributed by atoms with Crippen molar-refractivity contribution in [1.29, 1.82) is 0 Å². The Balaban J connectivity index is 2.22. The second kappa shape index (κ2) is 6.22. The van der Waals surface area contributed by atoms with Gasteiger partial charge in [0.25, 0.3) is 0 Å². The van der Waals surface area contributed by atoms with Crippen molar-refractivity contribution >= 4 is 15.9 Å². The quantitative estimate of drug-likeness (QED) is 0.817. The molecule has 1 fully saturated rings. The fourth-order valence-electron chi connectivity index (χ4n) is 2.58. The van der Waals surface area contributed by atoms with E-state index in [0.717, 1.165) is 11.9 Å². The Labute approximate surface area is 134 Å². The lowest BCUT2D eigenvalue weighted by atomic mass is 9.98. The van der Waals surface area contributed by atoms with Crippen molar-refractivity contribution in [2.75, 3.05) is 13.1 Å². The molecule has 7 nitrogen and oxygen atoms in total. The molecule has 2 rings (SSSR count). The zero-order valence-corrected chi connectivity index (χ0v) is 13.3. The topological polar surface area (TPSA) is 92.5 Å². The average molecular weight is 373 g/mol. The summed E-state index contributed by atoms with van der Waals surface area (Å²) in [5.74, 6) is -0.991. The second-order valence-corrected chi connectivity index (χ2v) is 7.45. The predicted molar refractivity (Wildman–Crippen MR) is 72.6 cm³/mol. The summed E-state index contributed by atoms with van der Waals surface area (Å²) < 4.78 is 77.4. The molecule has 136 valence electrons. The molecule has 0 aliphatic carbocycles. The number of aromatic nitrogens is 2. The maximum absolute atomic E-state index is 14.5. The van der Waals surface area contributed by atoms with Gasteiger partial charge in [-0.1, -0.05) is 0 Å². The highest BCUT2D eigenvalue weighted by atomic mass is 32.2. The molecule has 1 unspecified atom stereocenters. The zero-order chi connectivity index (χ0) is 18.3. The van der Waals surface area contributed by atoms with E-state index in [-0.39, 0.29) is 25.9 Å². The minimum absolute atomic E-state index is 0.0311. The standard InChI is InChI=1S/C12H15F4N3O4S/c1-18-9(6-8(17-18)12(14,15)16)24(22,23)10(13)7-2-4-19(5-3-7)11(20)21/h6-7,10H,2-5H2,1H3,(H,20,21). The average Bonchev–Trinajstić information content (AvgIpc) is 2.89. The molecule has 1 aromatic rings. The number of rotatable bonds is 3. The summed E-state index contributed by atoms with van der Waals surface area (Å²) in [4.78, 5) is 11.8. The fourth-order valence-corrected chi connectivity index (χ4v) is 4.27. The number of aryl methyl sites for hydroxylation is 1. The van der Waals surface area contributed by atoms with Crippen molar-refractivity contribution in [3.8, 4) is 0 Å². The van der Waals surface area contributed by atoms with E-state index in [0.29, 0.717) is 10.7 Å². The zero-order valence-electron chi connectivity index (χ0n) is 12.5. The summed E-state index contributed by atoms with van der Waals surface area (Å²) >= 11 is 0. The van der Waals surface area contributed by atoms with Crippen LogP contribution in [-0.4, -0.2) is 52.9 Å². The van der Waals surface area contributed by atoms with Gasteiger partial charge in [0.1, 0.15) is 0 Å². The number of amides is 1. The maximum atomic E-state index is 14.5. The highest BCUT2D eigenvalue weighted by Crippen LogP contribution is 2.33. The second-order valence-electron chi connectivity index (χ2n) is 5.49. The van der Waals surface area contributed by atoms with Crippen molar-refractivity contribution in [2.45, 2.75) is 29.5 Å². The first-order chi connectivity index (χ1) is 10.9. The molecular formula is C12H15F4N3O4S. The van der Waals surface area contributed by atoms with E-state index in [9.17, 15) is 30.8 Å². The van der Waals surface area contributed by atoms with Crippen LogP contribution in [0, 0.1) is 5.92 Å². The van der Waals surface area contributed by atoms with Gasteiger partial charge in [0, 0.05) is 32.1 Å². The number of nitrogens with zero attached hydrogens (tertiary/aromatic N) is 3. The van der Waals surface area contributed by atoms with Gasteiger partial charge in [0.05, 0.1) is 0 Å². The van der Waals surface area contributed by atoms with E-state index in [1.165, 1.54) is 0 Å². The number of piperidine rings is 1.